The summed E-state index contributed by atoms with van der Waals surface area (Å²) in [5, 5.41) is 10.4. The van der Waals surface area contributed by atoms with Gasteiger partial charge in [0.1, 0.15) is 22.8 Å². The average molecular weight is 578 g/mol. The van der Waals surface area contributed by atoms with Crippen molar-refractivity contribution in [2.45, 2.75) is 6.17 Å². The summed E-state index contributed by atoms with van der Waals surface area (Å²) in [6.45, 7) is 0. The van der Waals surface area contributed by atoms with Gasteiger partial charge in [-0.05, 0) is 39.2 Å². The third-order valence-corrected chi connectivity index (χ3v) is 8.69. The Kier molecular flexibility index (Phi) is 5.85. The summed E-state index contributed by atoms with van der Waals surface area (Å²) in [5.74, 6) is 1.57. The molecule has 1 aliphatic rings. The van der Waals surface area contributed by atoms with Crippen molar-refractivity contribution in [3.63, 3.8) is 0 Å². The summed E-state index contributed by atoms with van der Waals surface area (Å²) in [6, 6.07) is 52.7. The highest BCUT2D eigenvalue weighted by Gasteiger charge is 2.25. The molecule has 0 fully saturated rings. The predicted octanol–water partition coefficient (Wildman–Crippen LogP) is 10.1. The van der Waals surface area contributed by atoms with E-state index in [0.29, 0.717) is 0 Å². The minimum atomic E-state index is -0.487. The molecule has 1 N–H and O–H groups in total. The van der Waals surface area contributed by atoms with Gasteiger partial charge in [0.05, 0.1) is 0 Å². The first-order chi connectivity index (χ1) is 22.3. The van der Waals surface area contributed by atoms with Crippen LogP contribution in [0, 0.1) is 0 Å². The Morgan fingerprint density at radius 1 is 0.444 bits per heavy atom. The number of benzene rings is 7. The fourth-order valence-corrected chi connectivity index (χ4v) is 6.53. The molecule has 9 rings (SSSR count). The molecule has 0 atom stereocenters. The molecular weight excluding hydrogens is 550 g/mol. The van der Waals surface area contributed by atoms with Gasteiger partial charge < -0.3 is 9.73 Å². The summed E-state index contributed by atoms with van der Waals surface area (Å²) < 4.78 is 6.97. The number of nitrogens with zero attached hydrogens (tertiary/aromatic N) is 2. The first-order valence-electron chi connectivity index (χ1n) is 15.2. The van der Waals surface area contributed by atoms with E-state index in [4.69, 9.17) is 14.4 Å². The number of furan rings is 1. The molecular formula is C41H27N3O. The van der Waals surface area contributed by atoms with Crippen LogP contribution in [0.5, 0.6) is 0 Å². The van der Waals surface area contributed by atoms with Crippen molar-refractivity contribution in [3.05, 3.63) is 168 Å². The molecule has 4 nitrogen and oxygen atoms in total. The van der Waals surface area contributed by atoms with Gasteiger partial charge in [-0.3, -0.25) is 0 Å². The second-order valence-electron chi connectivity index (χ2n) is 11.4. The fraction of sp³-hybridized carbons (Fsp3) is 0.0244. The van der Waals surface area contributed by atoms with E-state index in [1.807, 2.05) is 36.4 Å². The lowest BCUT2D eigenvalue weighted by molar-refractivity contribution is 0.650. The van der Waals surface area contributed by atoms with Crippen LogP contribution in [0.25, 0.3) is 54.6 Å². The standard InChI is InChI=1S/C41H27N3O/c1-3-13-27(14-4-1)39-42-40(28-15-5-2-6-16-28)44-41(43-39)34-21-11-20-33-35-25-30-18-9-10-19-32(30)36(38(35)45-37(33)34)31-23-22-26-12-7-8-17-29(26)24-31/h1-25,41H,(H,42,43,44). The van der Waals surface area contributed by atoms with Gasteiger partial charge in [-0.2, -0.15) is 0 Å². The number of rotatable bonds is 4. The third kappa shape index (κ3) is 4.30. The highest BCUT2D eigenvalue weighted by atomic mass is 16.3. The monoisotopic (exact) mass is 577 g/mol. The lowest BCUT2D eigenvalue weighted by atomic mass is 9.93. The van der Waals surface area contributed by atoms with Gasteiger partial charge in [0.25, 0.3) is 0 Å². The van der Waals surface area contributed by atoms with Gasteiger partial charge in [0.2, 0.25) is 0 Å². The van der Waals surface area contributed by atoms with Crippen molar-refractivity contribution in [2.75, 3.05) is 0 Å². The molecule has 0 unspecified atom stereocenters. The normalized spacial score (nSPS) is 13.7. The van der Waals surface area contributed by atoms with Gasteiger partial charge in [-0.1, -0.05) is 140 Å². The summed E-state index contributed by atoms with van der Waals surface area (Å²) >= 11 is 0. The maximum atomic E-state index is 6.97. The van der Waals surface area contributed by atoms with Crippen molar-refractivity contribution in [1.29, 1.82) is 0 Å². The van der Waals surface area contributed by atoms with Gasteiger partial charge in [0, 0.05) is 33.0 Å². The second kappa shape index (κ2) is 10.3. The molecule has 4 heteroatoms. The molecule has 8 aromatic rings. The molecule has 212 valence electrons. The van der Waals surface area contributed by atoms with E-state index >= 15 is 0 Å². The zero-order valence-corrected chi connectivity index (χ0v) is 24.3. The van der Waals surface area contributed by atoms with Crippen LogP contribution in [0.3, 0.4) is 0 Å². The van der Waals surface area contributed by atoms with Gasteiger partial charge in [-0.15, -0.1) is 0 Å². The van der Waals surface area contributed by atoms with Crippen molar-refractivity contribution >= 4 is 55.2 Å². The van der Waals surface area contributed by atoms with E-state index < -0.39 is 6.17 Å². The number of amidine groups is 2. The van der Waals surface area contributed by atoms with E-state index in [0.717, 1.165) is 66.8 Å². The van der Waals surface area contributed by atoms with Crippen LogP contribution in [0.4, 0.5) is 0 Å². The maximum absolute atomic E-state index is 6.97. The SMILES string of the molecule is c1ccc(C2=NC(c3cccc4c3oc3c(-c5ccc6ccccc6c5)c5ccccc5cc34)N=C(c3ccccc3)N2)cc1. The highest BCUT2D eigenvalue weighted by Crippen LogP contribution is 2.43. The zero-order valence-electron chi connectivity index (χ0n) is 24.3. The lowest BCUT2D eigenvalue weighted by Crippen LogP contribution is -2.36. The van der Waals surface area contributed by atoms with Crippen molar-refractivity contribution in [2.24, 2.45) is 9.98 Å². The highest BCUT2D eigenvalue weighted by molar-refractivity contribution is 6.19. The summed E-state index contributed by atoms with van der Waals surface area (Å²) in [5.41, 5.74) is 6.86. The predicted molar refractivity (Wildman–Crippen MR) is 186 cm³/mol. The number of hydrogen-bond acceptors (Lipinski definition) is 4. The van der Waals surface area contributed by atoms with Crippen LogP contribution in [-0.2, 0) is 0 Å². The Morgan fingerprint density at radius 3 is 1.80 bits per heavy atom. The maximum Gasteiger partial charge on any atom is 0.173 e. The number of aliphatic imine (C=N–C) groups is 2. The Morgan fingerprint density at radius 2 is 1.07 bits per heavy atom. The summed E-state index contributed by atoms with van der Waals surface area (Å²) in [7, 11) is 0. The van der Waals surface area contributed by atoms with E-state index in [-0.39, 0.29) is 0 Å². The first kappa shape index (κ1) is 25.5. The van der Waals surface area contributed by atoms with E-state index in [9.17, 15) is 0 Å². The van der Waals surface area contributed by atoms with E-state index in [1.165, 1.54) is 16.2 Å². The minimum absolute atomic E-state index is 0.487. The van der Waals surface area contributed by atoms with Crippen LogP contribution < -0.4 is 5.32 Å². The van der Waals surface area contributed by atoms with Crippen LogP contribution in [0.1, 0.15) is 22.9 Å². The topological polar surface area (TPSA) is 49.9 Å². The third-order valence-electron chi connectivity index (χ3n) is 8.69. The van der Waals surface area contributed by atoms with Crippen LogP contribution in [-0.4, -0.2) is 11.7 Å². The number of hydrogen-bond donors (Lipinski definition) is 1. The Hall–Kier alpha value is -6.00. The minimum Gasteiger partial charge on any atom is -0.455 e. The first-order valence-corrected chi connectivity index (χ1v) is 15.2. The molecule has 0 radical (unpaired) electrons. The molecule has 1 aliphatic heterocycles. The Bertz CT molecular complexity index is 2400. The van der Waals surface area contributed by atoms with Crippen LogP contribution in [0.15, 0.2) is 166 Å². The number of nitrogens with one attached hydrogen (secondary N) is 1. The molecule has 0 saturated heterocycles. The second-order valence-corrected chi connectivity index (χ2v) is 11.4. The summed E-state index contributed by atoms with van der Waals surface area (Å²) in [4.78, 5) is 10.3. The Labute approximate surface area is 260 Å². The summed E-state index contributed by atoms with van der Waals surface area (Å²) in [6.07, 6.45) is -0.487. The molecule has 7 aromatic carbocycles. The number of para-hydroxylation sites is 1. The van der Waals surface area contributed by atoms with Crippen molar-refractivity contribution in [3.8, 4) is 11.1 Å². The van der Waals surface area contributed by atoms with E-state index in [1.54, 1.807) is 0 Å². The molecule has 0 spiro atoms. The molecule has 45 heavy (non-hydrogen) atoms. The van der Waals surface area contributed by atoms with Crippen LogP contribution >= 0.6 is 0 Å². The van der Waals surface area contributed by atoms with Crippen molar-refractivity contribution < 1.29 is 4.42 Å². The Balaban J connectivity index is 1.30. The zero-order chi connectivity index (χ0) is 29.7. The molecule has 2 heterocycles. The van der Waals surface area contributed by atoms with Gasteiger partial charge in [-0.25, -0.2) is 9.98 Å². The fourth-order valence-electron chi connectivity index (χ4n) is 6.53. The number of fused-ring (bicyclic) bond motifs is 5. The van der Waals surface area contributed by atoms with Crippen LogP contribution in [0.2, 0.25) is 0 Å². The van der Waals surface area contributed by atoms with Crippen molar-refractivity contribution in [1.82, 2.24) is 5.32 Å². The molecule has 0 amide bonds. The average Bonchev–Trinajstić information content (AvgIpc) is 3.49. The molecule has 0 bridgehead atoms. The molecule has 0 aliphatic carbocycles. The smallest absolute Gasteiger partial charge is 0.173 e. The van der Waals surface area contributed by atoms with E-state index in [2.05, 4.69) is 121 Å². The molecule has 0 saturated carbocycles. The quantitative estimate of drug-likeness (QED) is 0.226. The van der Waals surface area contributed by atoms with Gasteiger partial charge in [0.15, 0.2) is 6.17 Å². The lowest BCUT2D eigenvalue weighted by Gasteiger charge is -2.22. The largest absolute Gasteiger partial charge is 0.455 e. The molecule has 1 aromatic heterocycles. The van der Waals surface area contributed by atoms with Gasteiger partial charge >= 0.3 is 0 Å².